The summed E-state index contributed by atoms with van der Waals surface area (Å²) in [4.78, 5) is 10.3. The van der Waals surface area contributed by atoms with Crippen LogP contribution in [0.2, 0.25) is 0 Å². The number of hydrogen-bond donors (Lipinski definition) is 0. The lowest BCUT2D eigenvalue weighted by atomic mass is 10.2. The topological polar surface area (TPSA) is 20.3 Å². The summed E-state index contributed by atoms with van der Waals surface area (Å²) in [5, 5.41) is -1.88. The zero-order chi connectivity index (χ0) is 11.6. The highest BCUT2D eigenvalue weighted by atomic mass is 35.5. The third-order valence-electron chi connectivity index (χ3n) is 1.58. The van der Waals surface area contributed by atoms with Gasteiger partial charge < -0.3 is 0 Å². The molecule has 1 aromatic carbocycles. The van der Waals surface area contributed by atoms with Crippen molar-refractivity contribution < 1.29 is 22.4 Å². The molecular weight excluding hydrogens is 238 g/mol. The lowest BCUT2D eigenvalue weighted by Crippen LogP contribution is -2.14. The number of hydrogen-bond acceptors (Lipinski definition) is 1. The van der Waals surface area contributed by atoms with Crippen molar-refractivity contribution in [2.75, 3.05) is 5.12 Å². The van der Waals surface area contributed by atoms with Crippen molar-refractivity contribution in [1.82, 2.24) is 0 Å². The molecule has 1 rings (SSSR count). The van der Waals surface area contributed by atoms with Crippen molar-refractivity contribution in [3.63, 3.8) is 0 Å². The van der Waals surface area contributed by atoms with Gasteiger partial charge >= 0.3 is 11.5 Å². The molecule has 7 heteroatoms. The van der Waals surface area contributed by atoms with Crippen molar-refractivity contribution in [3.05, 3.63) is 29.8 Å². The van der Waals surface area contributed by atoms with Gasteiger partial charge in [-0.05, 0) is 35.9 Å². The van der Waals surface area contributed by atoms with Crippen LogP contribution in [0.25, 0.3) is 0 Å². The summed E-state index contributed by atoms with van der Waals surface area (Å²) in [5.41, 5.74) is -1.29. The average Bonchev–Trinajstić information content (AvgIpc) is 2.15. The lowest BCUT2D eigenvalue weighted by Gasteiger charge is -2.10. The molecule has 15 heavy (non-hydrogen) atoms. The number of carbonyl (C=O) groups excluding carboxylic acids is 1. The number of alkyl halides is 3. The largest absolute Gasteiger partial charge is 0.416 e. The number of carbonyl (C=O) groups is 1. The van der Waals surface area contributed by atoms with Crippen molar-refractivity contribution in [3.8, 4) is 0 Å². The van der Waals surface area contributed by atoms with E-state index in [9.17, 15) is 22.4 Å². The van der Waals surface area contributed by atoms with Gasteiger partial charge in [0.2, 0.25) is 0 Å². The Bertz CT molecular complexity index is 362. The van der Waals surface area contributed by atoms with Crippen molar-refractivity contribution >= 4 is 22.7 Å². The minimum atomic E-state index is -4.50. The fourth-order valence-electron chi connectivity index (χ4n) is 0.883. The third kappa shape index (κ3) is 2.82. The molecule has 1 aromatic rings. The highest BCUT2D eigenvalue weighted by Gasteiger charge is 2.30. The molecule has 0 saturated heterocycles. The Morgan fingerprint density at radius 2 is 1.67 bits per heavy atom. The minimum absolute atomic E-state index is 0.358. The standard InChI is InChI=1S/C8H4ClF4NO/c9-7(15)14(13)6-3-1-5(2-4-6)8(10,11)12/h1-4H. The molecule has 0 radical (unpaired) electrons. The van der Waals surface area contributed by atoms with Gasteiger partial charge in [0.15, 0.2) is 0 Å². The Morgan fingerprint density at radius 1 is 1.20 bits per heavy atom. The Hall–Kier alpha value is -1.30. The molecule has 1 amide bonds. The first kappa shape index (κ1) is 11.8. The van der Waals surface area contributed by atoms with E-state index in [1.165, 1.54) is 0 Å². The maximum atomic E-state index is 12.8. The van der Waals surface area contributed by atoms with E-state index in [0.29, 0.717) is 12.1 Å². The number of anilines is 1. The first-order chi connectivity index (χ1) is 6.82. The first-order valence-corrected chi connectivity index (χ1v) is 4.03. The van der Waals surface area contributed by atoms with Crippen molar-refractivity contribution in [1.29, 1.82) is 0 Å². The molecule has 0 aliphatic heterocycles. The highest BCUT2D eigenvalue weighted by molar-refractivity contribution is 6.65. The molecule has 0 saturated carbocycles. The smallest absolute Gasteiger partial charge is 0.252 e. The average molecular weight is 242 g/mol. The van der Waals surface area contributed by atoms with Crippen LogP contribution in [0.5, 0.6) is 0 Å². The van der Waals surface area contributed by atoms with E-state index in [2.05, 4.69) is 0 Å². The predicted molar refractivity (Wildman–Crippen MR) is 46.3 cm³/mol. The van der Waals surface area contributed by atoms with Crippen LogP contribution in [0.4, 0.5) is 28.1 Å². The number of nitrogens with zero attached hydrogens (tertiary/aromatic N) is 1. The lowest BCUT2D eigenvalue weighted by molar-refractivity contribution is -0.137. The molecule has 2 nitrogen and oxygen atoms in total. The Balaban J connectivity index is 2.95. The Labute approximate surface area is 87.0 Å². The molecule has 0 N–H and O–H groups in total. The molecule has 0 atom stereocenters. The molecule has 0 fully saturated rings. The fraction of sp³-hybridized carbons (Fsp3) is 0.125. The summed E-state index contributed by atoms with van der Waals surface area (Å²) in [5.74, 6) is 0. The Kier molecular flexibility index (Phi) is 3.18. The molecule has 0 aliphatic rings. The fourth-order valence-corrected chi connectivity index (χ4v) is 0.980. The van der Waals surface area contributed by atoms with E-state index in [4.69, 9.17) is 11.6 Å². The highest BCUT2D eigenvalue weighted by Crippen LogP contribution is 2.30. The second-order valence-electron chi connectivity index (χ2n) is 2.58. The van der Waals surface area contributed by atoms with Crippen molar-refractivity contribution in [2.45, 2.75) is 6.18 Å². The quantitative estimate of drug-likeness (QED) is 0.317. The summed E-state index contributed by atoms with van der Waals surface area (Å²) < 4.78 is 49.0. The number of rotatable bonds is 1. The van der Waals surface area contributed by atoms with Gasteiger partial charge in [0, 0.05) is 0 Å². The minimum Gasteiger partial charge on any atom is -0.252 e. The maximum Gasteiger partial charge on any atom is 0.416 e. The normalized spacial score (nSPS) is 11.3. The van der Waals surface area contributed by atoms with Gasteiger partial charge in [0.1, 0.15) is 0 Å². The van der Waals surface area contributed by atoms with E-state index >= 15 is 0 Å². The van der Waals surface area contributed by atoms with E-state index in [1.54, 1.807) is 0 Å². The second kappa shape index (κ2) is 4.06. The van der Waals surface area contributed by atoms with Crippen LogP contribution >= 0.6 is 11.6 Å². The molecule has 0 aliphatic carbocycles. The molecule has 0 unspecified atom stereocenters. The summed E-state index contributed by atoms with van der Waals surface area (Å²) in [6.07, 6.45) is -4.50. The van der Waals surface area contributed by atoms with E-state index in [-0.39, 0.29) is 5.69 Å². The van der Waals surface area contributed by atoms with Crippen LogP contribution in [0.3, 0.4) is 0 Å². The molecule has 0 heterocycles. The molecular formula is C8H4ClF4NO. The van der Waals surface area contributed by atoms with E-state index < -0.39 is 22.2 Å². The molecule has 82 valence electrons. The predicted octanol–water partition coefficient (Wildman–Crippen LogP) is 3.76. The summed E-state index contributed by atoms with van der Waals surface area (Å²) in [7, 11) is 0. The molecule has 0 bridgehead atoms. The van der Waals surface area contributed by atoms with Gasteiger partial charge in [-0.25, -0.2) is 0 Å². The van der Waals surface area contributed by atoms with E-state index in [0.717, 1.165) is 12.1 Å². The summed E-state index contributed by atoms with van der Waals surface area (Å²) >= 11 is 4.78. The van der Waals surface area contributed by atoms with Crippen LogP contribution in [0.15, 0.2) is 24.3 Å². The summed E-state index contributed by atoms with van der Waals surface area (Å²) in [6, 6.07) is 2.93. The summed E-state index contributed by atoms with van der Waals surface area (Å²) in [6.45, 7) is 0. The maximum absolute atomic E-state index is 12.8. The van der Waals surface area contributed by atoms with Crippen LogP contribution in [-0.4, -0.2) is 5.37 Å². The van der Waals surface area contributed by atoms with Crippen molar-refractivity contribution in [2.24, 2.45) is 0 Å². The third-order valence-corrected chi connectivity index (χ3v) is 1.72. The van der Waals surface area contributed by atoms with E-state index in [1.807, 2.05) is 0 Å². The van der Waals surface area contributed by atoms with Crippen LogP contribution < -0.4 is 5.12 Å². The van der Waals surface area contributed by atoms with Crippen LogP contribution in [-0.2, 0) is 6.18 Å². The monoisotopic (exact) mass is 241 g/mol. The van der Waals surface area contributed by atoms with Gasteiger partial charge in [-0.15, -0.1) is 5.12 Å². The van der Waals surface area contributed by atoms with Gasteiger partial charge in [0.05, 0.1) is 11.3 Å². The van der Waals surface area contributed by atoms with Gasteiger partial charge in [-0.2, -0.15) is 13.2 Å². The van der Waals surface area contributed by atoms with Crippen LogP contribution in [0, 0.1) is 0 Å². The number of benzene rings is 1. The van der Waals surface area contributed by atoms with Gasteiger partial charge in [-0.1, -0.05) is 4.48 Å². The second-order valence-corrected chi connectivity index (χ2v) is 2.90. The number of halogens is 5. The zero-order valence-electron chi connectivity index (χ0n) is 7.05. The molecule has 0 spiro atoms. The Morgan fingerprint density at radius 3 is 2.00 bits per heavy atom. The van der Waals surface area contributed by atoms with Crippen LogP contribution in [0.1, 0.15) is 5.56 Å². The number of amides is 1. The SMILES string of the molecule is O=C(Cl)N(F)c1ccc(C(F)(F)F)cc1. The molecule has 0 aromatic heterocycles. The first-order valence-electron chi connectivity index (χ1n) is 3.65. The zero-order valence-corrected chi connectivity index (χ0v) is 7.81. The van der Waals surface area contributed by atoms with Gasteiger partial charge in [-0.3, -0.25) is 4.79 Å². The van der Waals surface area contributed by atoms with Gasteiger partial charge in [0.25, 0.3) is 0 Å².